The van der Waals surface area contributed by atoms with E-state index in [4.69, 9.17) is 16.3 Å². The first-order chi connectivity index (χ1) is 13.2. The van der Waals surface area contributed by atoms with Gasteiger partial charge in [0.15, 0.2) is 0 Å². The van der Waals surface area contributed by atoms with Gasteiger partial charge in [-0.25, -0.2) is 4.98 Å². The molecule has 0 saturated carbocycles. The molecule has 0 fully saturated rings. The fraction of sp³-hybridized carbons (Fsp3) is 0.100. The molecule has 2 aromatic heterocycles. The van der Waals surface area contributed by atoms with Crippen LogP contribution < -0.4 is 10.3 Å². The molecule has 0 aliphatic rings. The van der Waals surface area contributed by atoms with Gasteiger partial charge in [0.2, 0.25) is 0 Å². The second kappa shape index (κ2) is 7.76. The number of hydrogen-bond donors (Lipinski definition) is 1. The van der Waals surface area contributed by atoms with E-state index < -0.39 is 0 Å². The third kappa shape index (κ3) is 3.74. The molecular weight excluding hydrogens is 400 g/mol. The Hall–Kier alpha value is -2.28. The van der Waals surface area contributed by atoms with Gasteiger partial charge in [0.05, 0.1) is 18.2 Å². The Morgan fingerprint density at radius 3 is 2.85 bits per heavy atom. The highest BCUT2D eigenvalue weighted by Crippen LogP contribution is 2.35. The van der Waals surface area contributed by atoms with Gasteiger partial charge in [-0.05, 0) is 24.3 Å². The zero-order valence-corrected chi connectivity index (χ0v) is 16.8. The predicted octanol–water partition coefficient (Wildman–Crippen LogP) is 5.61. The zero-order chi connectivity index (χ0) is 18.8. The van der Waals surface area contributed by atoms with E-state index in [0.29, 0.717) is 22.0 Å². The first-order valence-electron chi connectivity index (χ1n) is 8.18. The number of aromatic nitrogens is 2. The van der Waals surface area contributed by atoms with Gasteiger partial charge >= 0.3 is 0 Å². The van der Waals surface area contributed by atoms with Crippen molar-refractivity contribution >= 4 is 44.9 Å². The minimum absolute atomic E-state index is 0.141. The number of fused-ring (bicyclic) bond motifs is 1. The Morgan fingerprint density at radius 1 is 1.19 bits per heavy atom. The normalized spacial score (nSPS) is 11.0. The van der Waals surface area contributed by atoms with E-state index in [-0.39, 0.29) is 5.56 Å². The van der Waals surface area contributed by atoms with Crippen molar-refractivity contribution in [3.8, 4) is 16.9 Å². The summed E-state index contributed by atoms with van der Waals surface area (Å²) in [6.07, 6.45) is 0. The van der Waals surface area contributed by atoms with Gasteiger partial charge in [0.25, 0.3) is 5.56 Å². The van der Waals surface area contributed by atoms with E-state index in [1.54, 1.807) is 18.9 Å². The van der Waals surface area contributed by atoms with Crippen LogP contribution in [0.15, 0.2) is 63.6 Å². The fourth-order valence-corrected chi connectivity index (χ4v) is 4.79. The number of ether oxygens (including phenoxy) is 1. The number of aromatic amines is 1. The van der Waals surface area contributed by atoms with Gasteiger partial charge in [0.1, 0.15) is 16.4 Å². The molecule has 4 rings (SSSR count). The van der Waals surface area contributed by atoms with Crippen LogP contribution in [0, 0.1) is 0 Å². The largest absolute Gasteiger partial charge is 0.497 e. The molecule has 2 aromatic carbocycles. The van der Waals surface area contributed by atoms with Crippen LogP contribution in [-0.4, -0.2) is 17.1 Å². The Balaban J connectivity index is 1.65. The first kappa shape index (κ1) is 18.1. The second-order valence-electron chi connectivity index (χ2n) is 5.79. The first-order valence-corrected chi connectivity index (χ1v) is 10.4. The fourth-order valence-electron chi connectivity index (χ4n) is 2.78. The second-order valence-corrected chi connectivity index (χ2v) is 8.10. The molecule has 0 amide bonds. The molecule has 136 valence electrons. The van der Waals surface area contributed by atoms with Crippen LogP contribution in [0.2, 0.25) is 5.02 Å². The van der Waals surface area contributed by atoms with Crippen molar-refractivity contribution in [1.29, 1.82) is 0 Å². The van der Waals surface area contributed by atoms with Crippen LogP contribution in [0.25, 0.3) is 21.3 Å². The van der Waals surface area contributed by atoms with Gasteiger partial charge in [-0.2, -0.15) is 0 Å². The average Bonchev–Trinajstić information content (AvgIpc) is 3.11. The van der Waals surface area contributed by atoms with Gasteiger partial charge < -0.3 is 9.72 Å². The quantitative estimate of drug-likeness (QED) is 0.431. The molecule has 0 radical (unpaired) electrons. The van der Waals surface area contributed by atoms with Crippen molar-refractivity contribution in [3.63, 3.8) is 0 Å². The molecule has 2 heterocycles. The van der Waals surface area contributed by atoms with E-state index in [9.17, 15) is 4.79 Å². The average molecular weight is 415 g/mol. The highest BCUT2D eigenvalue weighted by atomic mass is 35.5. The van der Waals surface area contributed by atoms with Crippen LogP contribution in [0.3, 0.4) is 0 Å². The molecule has 1 N–H and O–H groups in total. The smallest absolute Gasteiger partial charge is 0.260 e. The molecule has 7 heteroatoms. The molecule has 0 atom stereocenters. The highest BCUT2D eigenvalue weighted by Gasteiger charge is 2.15. The summed E-state index contributed by atoms with van der Waals surface area (Å²) in [5, 5.41) is 3.14. The van der Waals surface area contributed by atoms with Gasteiger partial charge in [-0.15, -0.1) is 23.1 Å². The third-order valence-corrected chi connectivity index (χ3v) is 6.28. The van der Waals surface area contributed by atoms with Crippen LogP contribution >= 0.6 is 34.7 Å². The number of hydrogen-bond acceptors (Lipinski definition) is 5. The summed E-state index contributed by atoms with van der Waals surface area (Å²) >= 11 is 9.35. The summed E-state index contributed by atoms with van der Waals surface area (Å²) in [7, 11) is 1.64. The lowest BCUT2D eigenvalue weighted by Crippen LogP contribution is -2.10. The van der Waals surface area contributed by atoms with E-state index in [1.807, 2.05) is 53.9 Å². The Kier molecular flexibility index (Phi) is 5.20. The minimum atomic E-state index is -0.141. The number of halogens is 1. The molecule has 4 aromatic rings. The van der Waals surface area contributed by atoms with Crippen molar-refractivity contribution in [2.75, 3.05) is 7.11 Å². The van der Waals surface area contributed by atoms with Crippen LogP contribution in [0.5, 0.6) is 5.75 Å². The molecule has 0 aliphatic heterocycles. The standard InChI is InChI=1S/C20H15ClN2O2S2/c1-25-12-5-4-6-13(9-12)26-11-17-22-19(24)18-15(10-27-20(18)23-17)14-7-2-3-8-16(14)21/h2-10H,11H2,1H3,(H,22,23,24). The topological polar surface area (TPSA) is 55.0 Å². The Labute approximate surface area is 169 Å². The maximum atomic E-state index is 12.7. The number of methoxy groups -OCH3 is 1. The Bertz CT molecular complexity index is 1170. The number of nitrogens with one attached hydrogen (secondary N) is 1. The van der Waals surface area contributed by atoms with Crippen LogP contribution in [0.1, 0.15) is 5.82 Å². The van der Waals surface area contributed by atoms with Crippen molar-refractivity contribution in [2.24, 2.45) is 0 Å². The minimum Gasteiger partial charge on any atom is -0.497 e. The molecule has 0 aliphatic carbocycles. The molecule has 0 saturated heterocycles. The lowest BCUT2D eigenvalue weighted by molar-refractivity contribution is 0.413. The van der Waals surface area contributed by atoms with Crippen molar-refractivity contribution < 1.29 is 4.74 Å². The molecule has 0 unspecified atom stereocenters. The maximum Gasteiger partial charge on any atom is 0.260 e. The lowest BCUT2D eigenvalue weighted by atomic mass is 10.1. The zero-order valence-electron chi connectivity index (χ0n) is 14.4. The monoisotopic (exact) mass is 414 g/mol. The number of thioether (sulfide) groups is 1. The summed E-state index contributed by atoms with van der Waals surface area (Å²) in [6.45, 7) is 0. The van der Waals surface area contributed by atoms with Gasteiger partial charge in [-0.1, -0.05) is 35.9 Å². The van der Waals surface area contributed by atoms with E-state index >= 15 is 0 Å². The summed E-state index contributed by atoms with van der Waals surface area (Å²) in [6, 6.07) is 15.3. The van der Waals surface area contributed by atoms with Crippen molar-refractivity contribution in [1.82, 2.24) is 9.97 Å². The summed E-state index contributed by atoms with van der Waals surface area (Å²) in [5.74, 6) is 2.02. The van der Waals surface area contributed by atoms with E-state index in [1.165, 1.54) is 11.3 Å². The number of thiophene rings is 1. The Morgan fingerprint density at radius 2 is 2.04 bits per heavy atom. The van der Waals surface area contributed by atoms with Crippen molar-refractivity contribution in [2.45, 2.75) is 10.6 Å². The predicted molar refractivity (Wildman–Crippen MR) is 113 cm³/mol. The number of rotatable bonds is 5. The van der Waals surface area contributed by atoms with Gasteiger partial charge in [-0.3, -0.25) is 4.79 Å². The SMILES string of the molecule is COc1cccc(SCc2nc3scc(-c4ccccc4Cl)c3c(=O)[nH]2)c1. The maximum absolute atomic E-state index is 12.7. The van der Waals surface area contributed by atoms with E-state index in [0.717, 1.165) is 26.6 Å². The molecule has 0 bridgehead atoms. The molecule has 27 heavy (non-hydrogen) atoms. The lowest BCUT2D eigenvalue weighted by Gasteiger charge is -2.05. The molecule has 4 nitrogen and oxygen atoms in total. The number of nitrogens with zero attached hydrogens (tertiary/aromatic N) is 1. The molecule has 0 spiro atoms. The summed E-state index contributed by atoms with van der Waals surface area (Å²) in [5.41, 5.74) is 1.52. The van der Waals surface area contributed by atoms with Crippen LogP contribution in [0.4, 0.5) is 0 Å². The van der Waals surface area contributed by atoms with E-state index in [2.05, 4.69) is 9.97 Å². The highest BCUT2D eigenvalue weighted by molar-refractivity contribution is 7.98. The van der Waals surface area contributed by atoms with Gasteiger partial charge in [0, 0.05) is 26.4 Å². The van der Waals surface area contributed by atoms with Crippen LogP contribution in [-0.2, 0) is 5.75 Å². The summed E-state index contributed by atoms with van der Waals surface area (Å²) in [4.78, 5) is 22.0. The number of H-pyrrole nitrogens is 1. The third-order valence-electron chi connectivity index (χ3n) is 4.07. The molecular formula is C20H15ClN2O2S2. The summed E-state index contributed by atoms with van der Waals surface area (Å²) < 4.78 is 5.24. The van der Waals surface area contributed by atoms with Crippen molar-refractivity contribution in [3.05, 3.63) is 75.1 Å². The number of benzene rings is 2.